The summed E-state index contributed by atoms with van der Waals surface area (Å²) >= 11 is 3.39. The molecule has 1 amide bonds. The number of halogens is 1. The predicted molar refractivity (Wildman–Crippen MR) is 62.3 cm³/mol. The molecule has 0 saturated heterocycles. The van der Waals surface area contributed by atoms with Gasteiger partial charge in [-0.05, 0) is 23.3 Å². The van der Waals surface area contributed by atoms with Gasteiger partial charge in [0.25, 0.3) is 0 Å². The smallest absolute Gasteiger partial charge is 0.407 e. The van der Waals surface area contributed by atoms with Crippen molar-refractivity contribution < 1.29 is 14.6 Å². The van der Waals surface area contributed by atoms with E-state index in [0.29, 0.717) is 13.2 Å². The van der Waals surface area contributed by atoms with Gasteiger partial charge in [-0.15, -0.1) is 0 Å². The van der Waals surface area contributed by atoms with Crippen LogP contribution in [0.2, 0.25) is 0 Å². The Kier molecular flexibility index (Phi) is 3.16. The quantitative estimate of drug-likeness (QED) is 0.863. The molecule has 1 atom stereocenters. The van der Waals surface area contributed by atoms with Gasteiger partial charge in [0.1, 0.15) is 0 Å². The summed E-state index contributed by atoms with van der Waals surface area (Å²) < 4.78 is 6.39. The number of rotatable bonds is 1. The Labute approximate surface area is 102 Å². The van der Waals surface area contributed by atoms with Crippen molar-refractivity contribution in [2.45, 2.75) is 12.6 Å². The molecule has 0 aliphatic carbocycles. The topological polar surface area (TPSA) is 49.8 Å². The van der Waals surface area contributed by atoms with E-state index >= 15 is 0 Å². The molecular weight excluding hydrogens is 274 g/mol. The lowest BCUT2D eigenvalue weighted by atomic mass is 9.98. The molecule has 0 radical (unpaired) electrons. The van der Waals surface area contributed by atoms with Crippen molar-refractivity contribution in [3.63, 3.8) is 0 Å². The fourth-order valence-corrected chi connectivity index (χ4v) is 2.26. The Morgan fingerprint density at radius 2 is 2.38 bits per heavy atom. The average Bonchev–Trinajstić information content (AvgIpc) is 2.26. The average molecular weight is 286 g/mol. The molecule has 0 bridgehead atoms. The van der Waals surface area contributed by atoms with Gasteiger partial charge in [0.15, 0.2) is 0 Å². The van der Waals surface area contributed by atoms with E-state index in [0.717, 1.165) is 15.6 Å². The first-order valence-corrected chi connectivity index (χ1v) is 5.70. The van der Waals surface area contributed by atoms with Crippen LogP contribution in [-0.2, 0) is 11.3 Å². The van der Waals surface area contributed by atoms with Crippen LogP contribution in [0.15, 0.2) is 22.7 Å². The molecular formula is C11H12BrNO3. The van der Waals surface area contributed by atoms with Crippen molar-refractivity contribution in [3.8, 4) is 0 Å². The molecule has 2 rings (SSSR count). The number of ether oxygens (including phenoxy) is 1. The van der Waals surface area contributed by atoms with Gasteiger partial charge in [0.2, 0.25) is 0 Å². The first-order chi connectivity index (χ1) is 7.59. The minimum atomic E-state index is -0.940. The molecule has 1 N–H and O–H groups in total. The monoisotopic (exact) mass is 285 g/mol. The van der Waals surface area contributed by atoms with E-state index in [4.69, 9.17) is 9.84 Å². The van der Waals surface area contributed by atoms with Crippen molar-refractivity contribution in [2.75, 3.05) is 13.7 Å². The lowest BCUT2D eigenvalue weighted by Gasteiger charge is -2.31. The molecule has 0 saturated carbocycles. The number of carboxylic acid groups (broad SMARTS) is 1. The third-order valence-corrected chi connectivity index (χ3v) is 3.26. The number of benzene rings is 1. The van der Waals surface area contributed by atoms with E-state index in [9.17, 15) is 4.79 Å². The summed E-state index contributed by atoms with van der Waals surface area (Å²) in [5.74, 6) is 0. The Hall–Kier alpha value is -1.07. The molecule has 1 unspecified atom stereocenters. The second-order valence-corrected chi connectivity index (χ2v) is 4.68. The summed E-state index contributed by atoms with van der Waals surface area (Å²) in [6.45, 7) is 0.955. The number of fused-ring (bicyclic) bond motifs is 1. The maximum Gasteiger partial charge on any atom is 0.407 e. The summed E-state index contributed by atoms with van der Waals surface area (Å²) in [5, 5.41) is 8.98. The normalized spacial score (nSPS) is 19.0. The van der Waals surface area contributed by atoms with E-state index in [1.54, 1.807) is 7.05 Å². The summed E-state index contributed by atoms with van der Waals surface area (Å²) in [7, 11) is 1.56. The number of likely N-dealkylation sites (N-methyl/N-ethyl adjacent to an activating group) is 1. The van der Waals surface area contributed by atoms with Crippen molar-refractivity contribution in [1.82, 2.24) is 4.90 Å². The highest BCUT2D eigenvalue weighted by molar-refractivity contribution is 9.10. The van der Waals surface area contributed by atoms with Crippen LogP contribution in [-0.4, -0.2) is 29.8 Å². The number of nitrogens with zero attached hydrogens (tertiary/aromatic N) is 1. The number of hydrogen-bond acceptors (Lipinski definition) is 2. The van der Waals surface area contributed by atoms with Gasteiger partial charge in [0, 0.05) is 11.5 Å². The van der Waals surface area contributed by atoms with Gasteiger partial charge in [0.05, 0.1) is 19.3 Å². The molecule has 1 heterocycles. The third kappa shape index (κ3) is 2.05. The summed E-state index contributed by atoms with van der Waals surface area (Å²) in [5.41, 5.74) is 2.07. The predicted octanol–water partition coefficient (Wildman–Crippen LogP) is 2.63. The lowest BCUT2D eigenvalue weighted by Crippen LogP contribution is -2.35. The zero-order chi connectivity index (χ0) is 11.7. The molecule has 1 aromatic rings. The highest BCUT2D eigenvalue weighted by Gasteiger charge is 2.27. The van der Waals surface area contributed by atoms with E-state index in [1.165, 1.54) is 4.90 Å². The van der Waals surface area contributed by atoms with Gasteiger partial charge in [-0.25, -0.2) is 4.79 Å². The number of amides is 1. The second-order valence-electron chi connectivity index (χ2n) is 3.77. The van der Waals surface area contributed by atoms with Crippen LogP contribution < -0.4 is 0 Å². The fraction of sp³-hybridized carbons (Fsp3) is 0.364. The van der Waals surface area contributed by atoms with Crippen LogP contribution in [0, 0.1) is 0 Å². The summed E-state index contributed by atoms with van der Waals surface area (Å²) in [6, 6.07) is 5.63. The molecule has 0 aromatic heterocycles. The molecule has 0 spiro atoms. The van der Waals surface area contributed by atoms with E-state index in [-0.39, 0.29) is 6.04 Å². The van der Waals surface area contributed by atoms with Gasteiger partial charge in [-0.3, -0.25) is 0 Å². The first kappa shape index (κ1) is 11.4. The largest absolute Gasteiger partial charge is 0.465 e. The lowest BCUT2D eigenvalue weighted by molar-refractivity contribution is 0.0425. The van der Waals surface area contributed by atoms with Crippen molar-refractivity contribution in [2.24, 2.45) is 0 Å². The molecule has 0 fully saturated rings. The molecule has 1 aromatic carbocycles. The SMILES string of the molecule is CN(C(=O)O)C1COCc2cc(Br)ccc21. The maximum absolute atomic E-state index is 10.9. The summed E-state index contributed by atoms with van der Waals surface area (Å²) in [6.07, 6.45) is -0.940. The second kappa shape index (κ2) is 4.43. The third-order valence-electron chi connectivity index (χ3n) is 2.77. The summed E-state index contributed by atoms with van der Waals surface area (Å²) in [4.78, 5) is 12.2. The zero-order valence-electron chi connectivity index (χ0n) is 8.81. The molecule has 16 heavy (non-hydrogen) atoms. The number of hydrogen-bond donors (Lipinski definition) is 1. The first-order valence-electron chi connectivity index (χ1n) is 4.91. The maximum atomic E-state index is 10.9. The van der Waals surface area contributed by atoms with Crippen molar-refractivity contribution in [3.05, 3.63) is 33.8 Å². The molecule has 1 aliphatic heterocycles. The Balaban J connectivity index is 2.36. The van der Waals surface area contributed by atoms with Gasteiger partial charge >= 0.3 is 6.09 Å². The van der Waals surface area contributed by atoms with Crippen LogP contribution >= 0.6 is 15.9 Å². The van der Waals surface area contributed by atoms with Gasteiger partial charge in [-0.2, -0.15) is 0 Å². The van der Waals surface area contributed by atoms with Crippen LogP contribution in [0.3, 0.4) is 0 Å². The Bertz CT molecular complexity index is 422. The zero-order valence-corrected chi connectivity index (χ0v) is 10.4. The van der Waals surface area contributed by atoms with Gasteiger partial charge < -0.3 is 14.7 Å². The fourth-order valence-electron chi connectivity index (χ4n) is 1.85. The molecule has 5 heteroatoms. The highest BCUT2D eigenvalue weighted by Crippen LogP contribution is 2.30. The Morgan fingerprint density at radius 1 is 1.62 bits per heavy atom. The van der Waals surface area contributed by atoms with E-state index < -0.39 is 6.09 Å². The molecule has 4 nitrogen and oxygen atoms in total. The minimum Gasteiger partial charge on any atom is -0.465 e. The standard InChI is InChI=1S/C11H12BrNO3/c1-13(11(14)15)10-6-16-5-7-4-8(12)2-3-9(7)10/h2-4,10H,5-6H2,1H3,(H,14,15). The molecule has 1 aliphatic rings. The van der Waals surface area contributed by atoms with Crippen LogP contribution in [0.1, 0.15) is 17.2 Å². The van der Waals surface area contributed by atoms with Crippen LogP contribution in [0.5, 0.6) is 0 Å². The van der Waals surface area contributed by atoms with E-state index in [2.05, 4.69) is 15.9 Å². The number of carbonyl (C=O) groups is 1. The van der Waals surface area contributed by atoms with Crippen LogP contribution in [0.4, 0.5) is 4.79 Å². The van der Waals surface area contributed by atoms with Crippen LogP contribution in [0.25, 0.3) is 0 Å². The van der Waals surface area contributed by atoms with Gasteiger partial charge in [-0.1, -0.05) is 22.0 Å². The van der Waals surface area contributed by atoms with Crippen molar-refractivity contribution >= 4 is 22.0 Å². The Morgan fingerprint density at radius 3 is 3.06 bits per heavy atom. The highest BCUT2D eigenvalue weighted by atomic mass is 79.9. The molecule has 86 valence electrons. The van der Waals surface area contributed by atoms with E-state index in [1.807, 2.05) is 18.2 Å². The van der Waals surface area contributed by atoms with Crippen molar-refractivity contribution in [1.29, 1.82) is 0 Å². The minimum absolute atomic E-state index is 0.214.